The van der Waals surface area contributed by atoms with E-state index in [2.05, 4.69) is 20.6 Å². The van der Waals surface area contributed by atoms with E-state index in [9.17, 15) is 23.9 Å². The van der Waals surface area contributed by atoms with Gasteiger partial charge in [-0.1, -0.05) is 60.7 Å². The van der Waals surface area contributed by atoms with Crippen molar-refractivity contribution in [1.82, 2.24) is 25.5 Å². The molecule has 218 valence electrons. The van der Waals surface area contributed by atoms with Crippen LogP contribution in [0.2, 0.25) is 0 Å². The second-order valence-corrected chi connectivity index (χ2v) is 9.59. The molecule has 0 spiro atoms. The number of carbonyl (C=O) groups is 3. The molecule has 0 aliphatic carbocycles. The third-order valence-electron chi connectivity index (χ3n) is 6.44. The zero-order valence-electron chi connectivity index (χ0n) is 22.8. The first-order valence-electron chi connectivity index (χ1n) is 13.4. The minimum atomic E-state index is -1.37. The Hall–Kier alpha value is -5.19. The van der Waals surface area contributed by atoms with E-state index in [1.54, 1.807) is 42.5 Å². The van der Waals surface area contributed by atoms with Gasteiger partial charge in [0.2, 0.25) is 11.8 Å². The van der Waals surface area contributed by atoms with Crippen LogP contribution in [0.3, 0.4) is 0 Å². The minimum Gasteiger partial charge on any atom is -0.489 e. The number of nitrogens with zero attached hydrogens (tertiary/aromatic N) is 2. The number of imidazole rings is 1. The van der Waals surface area contributed by atoms with Crippen molar-refractivity contribution in [1.29, 1.82) is 0 Å². The van der Waals surface area contributed by atoms with Crippen LogP contribution in [0.5, 0.6) is 5.75 Å². The van der Waals surface area contributed by atoms with Crippen molar-refractivity contribution in [3.63, 3.8) is 0 Å². The van der Waals surface area contributed by atoms with Crippen LogP contribution in [0, 0.1) is 5.82 Å². The monoisotopic (exact) mass is 573 g/mol. The lowest BCUT2D eigenvalue weighted by molar-refractivity contribution is -0.138. The molecule has 10 nitrogen and oxygen atoms in total. The number of halogens is 1. The Morgan fingerprint density at radius 2 is 1.71 bits per heavy atom. The van der Waals surface area contributed by atoms with Crippen LogP contribution in [0.25, 0.3) is 0 Å². The molecule has 0 aliphatic rings. The fraction of sp³-hybridized carbons (Fsp3) is 0.226. The maximum absolute atomic E-state index is 13.9. The third-order valence-corrected chi connectivity index (χ3v) is 6.44. The van der Waals surface area contributed by atoms with E-state index in [0.29, 0.717) is 29.2 Å². The number of hydrogen-bond donors (Lipinski definition) is 4. The summed E-state index contributed by atoms with van der Waals surface area (Å²) in [4.78, 5) is 46.1. The van der Waals surface area contributed by atoms with E-state index in [4.69, 9.17) is 4.74 Å². The van der Waals surface area contributed by atoms with Gasteiger partial charge in [0.25, 0.3) is 0 Å². The van der Waals surface area contributed by atoms with Crippen molar-refractivity contribution in [3.8, 4) is 5.75 Å². The van der Waals surface area contributed by atoms with Gasteiger partial charge in [-0.05, 0) is 41.3 Å². The van der Waals surface area contributed by atoms with Crippen molar-refractivity contribution < 1.29 is 28.6 Å². The lowest BCUT2D eigenvalue weighted by Crippen LogP contribution is -2.51. The Morgan fingerprint density at radius 3 is 2.40 bits per heavy atom. The van der Waals surface area contributed by atoms with Gasteiger partial charge in [-0.15, -0.1) is 0 Å². The highest BCUT2D eigenvalue weighted by molar-refractivity contribution is 5.89. The standard InChI is InChI=1S/C31H32FN5O5/c32-27-9-5-4-8-24(27)14-15-34-29(38)19-37(30(39)28(36-31(40)41)16-25-17-33-21-35-25)18-22-10-12-26(13-11-22)42-20-23-6-2-1-3-7-23/h1-13,17,21,28,36H,14-16,18-20H2,(H,33,35)(H,34,38)(H,40,41)/t28-/m0/s1. The first kappa shape index (κ1) is 29.8. The molecule has 0 saturated heterocycles. The predicted octanol–water partition coefficient (Wildman–Crippen LogP) is 3.69. The predicted molar refractivity (Wildman–Crippen MR) is 153 cm³/mol. The summed E-state index contributed by atoms with van der Waals surface area (Å²) in [7, 11) is 0. The molecule has 42 heavy (non-hydrogen) atoms. The molecule has 0 saturated carbocycles. The number of benzene rings is 3. The van der Waals surface area contributed by atoms with Gasteiger partial charge in [0.1, 0.15) is 24.2 Å². The van der Waals surface area contributed by atoms with Gasteiger partial charge in [-0.2, -0.15) is 0 Å². The maximum Gasteiger partial charge on any atom is 0.405 e. The molecule has 4 N–H and O–H groups in total. The Labute approximate surface area is 242 Å². The molecule has 1 aromatic heterocycles. The van der Waals surface area contributed by atoms with Crippen molar-refractivity contribution in [2.45, 2.75) is 32.0 Å². The van der Waals surface area contributed by atoms with E-state index >= 15 is 0 Å². The summed E-state index contributed by atoms with van der Waals surface area (Å²) in [5, 5.41) is 14.4. The summed E-state index contributed by atoms with van der Waals surface area (Å²) in [6, 6.07) is 22.0. The van der Waals surface area contributed by atoms with Crippen molar-refractivity contribution >= 4 is 17.9 Å². The van der Waals surface area contributed by atoms with Crippen LogP contribution in [0.4, 0.5) is 9.18 Å². The average Bonchev–Trinajstić information content (AvgIpc) is 3.50. The number of carbonyl (C=O) groups excluding carboxylic acids is 2. The molecule has 11 heteroatoms. The van der Waals surface area contributed by atoms with Crippen molar-refractivity contribution in [3.05, 3.63) is 120 Å². The largest absolute Gasteiger partial charge is 0.489 e. The number of rotatable bonds is 14. The number of hydrogen-bond acceptors (Lipinski definition) is 5. The Bertz CT molecular complexity index is 1450. The van der Waals surface area contributed by atoms with Crippen molar-refractivity contribution in [2.75, 3.05) is 13.1 Å². The Balaban J connectivity index is 1.44. The van der Waals surface area contributed by atoms with Gasteiger partial charge in [0.15, 0.2) is 0 Å². The average molecular weight is 574 g/mol. The van der Waals surface area contributed by atoms with E-state index < -0.39 is 23.9 Å². The fourth-order valence-electron chi connectivity index (χ4n) is 4.32. The van der Waals surface area contributed by atoms with Crippen LogP contribution in [0.1, 0.15) is 22.4 Å². The number of amides is 3. The molecule has 0 fully saturated rings. The summed E-state index contributed by atoms with van der Waals surface area (Å²) < 4.78 is 19.8. The number of nitrogens with one attached hydrogen (secondary N) is 3. The zero-order valence-corrected chi connectivity index (χ0v) is 22.8. The smallest absolute Gasteiger partial charge is 0.405 e. The zero-order chi connectivity index (χ0) is 29.7. The number of H-pyrrole nitrogens is 1. The van der Waals surface area contributed by atoms with E-state index in [1.165, 1.54) is 23.5 Å². The quantitative estimate of drug-likeness (QED) is 0.182. The van der Waals surface area contributed by atoms with Crippen LogP contribution in [-0.2, 0) is 35.6 Å². The van der Waals surface area contributed by atoms with E-state index in [-0.39, 0.29) is 38.3 Å². The molecule has 1 atom stereocenters. The van der Waals surface area contributed by atoms with Gasteiger partial charge in [0.05, 0.1) is 12.9 Å². The van der Waals surface area contributed by atoms with Crippen molar-refractivity contribution in [2.24, 2.45) is 0 Å². The van der Waals surface area contributed by atoms with Crippen LogP contribution < -0.4 is 15.4 Å². The summed E-state index contributed by atoms with van der Waals surface area (Å²) >= 11 is 0. The number of ether oxygens (including phenoxy) is 1. The Kier molecular flexibility index (Phi) is 10.6. The summed E-state index contributed by atoms with van der Waals surface area (Å²) in [6.07, 6.45) is 1.85. The van der Waals surface area contributed by atoms with Gasteiger partial charge >= 0.3 is 6.09 Å². The van der Waals surface area contributed by atoms with Crippen LogP contribution in [-0.4, -0.2) is 57.0 Å². The molecule has 0 aliphatic heterocycles. The number of carboxylic acid groups (broad SMARTS) is 1. The molecule has 3 aromatic carbocycles. The van der Waals surface area contributed by atoms with Crippen LogP contribution in [0.15, 0.2) is 91.4 Å². The third kappa shape index (κ3) is 9.19. The van der Waals surface area contributed by atoms with Gasteiger partial charge < -0.3 is 30.4 Å². The number of aromatic amines is 1. The normalized spacial score (nSPS) is 11.4. The highest BCUT2D eigenvalue weighted by Crippen LogP contribution is 2.17. The first-order chi connectivity index (χ1) is 20.4. The molecule has 0 unspecified atom stereocenters. The second-order valence-electron chi connectivity index (χ2n) is 9.59. The number of aromatic nitrogens is 2. The lowest BCUT2D eigenvalue weighted by atomic mass is 10.1. The van der Waals surface area contributed by atoms with Gasteiger partial charge in [-0.3, -0.25) is 9.59 Å². The molecule has 3 amide bonds. The topological polar surface area (TPSA) is 137 Å². The summed E-state index contributed by atoms with van der Waals surface area (Å²) in [5.41, 5.74) is 2.75. The lowest BCUT2D eigenvalue weighted by Gasteiger charge is -2.27. The highest BCUT2D eigenvalue weighted by Gasteiger charge is 2.28. The van der Waals surface area contributed by atoms with Gasteiger partial charge in [0, 0.05) is 31.4 Å². The SMILES string of the molecule is O=C(O)N[C@@H](Cc1cnc[nH]1)C(=O)N(CC(=O)NCCc1ccccc1F)Cc1ccc(OCc2ccccc2)cc1. The molecule has 0 bridgehead atoms. The maximum atomic E-state index is 13.9. The molecular formula is C31H32FN5O5. The molecule has 4 rings (SSSR count). The molecular weight excluding hydrogens is 541 g/mol. The van der Waals surface area contributed by atoms with E-state index in [0.717, 1.165) is 5.56 Å². The molecule has 4 aromatic rings. The molecule has 0 radical (unpaired) electrons. The Morgan fingerprint density at radius 1 is 0.976 bits per heavy atom. The highest BCUT2D eigenvalue weighted by atomic mass is 19.1. The van der Waals surface area contributed by atoms with Gasteiger partial charge in [-0.25, -0.2) is 14.2 Å². The summed E-state index contributed by atoms with van der Waals surface area (Å²) in [6.45, 7) is 0.274. The first-order valence-corrected chi connectivity index (χ1v) is 13.4. The summed E-state index contributed by atoms with van der Waals surface area (Å²) in [5.74, 6) is -0.768. The van der Waals surface area contributed by atoms with Crippen LogP contribution >= 0.6 is 0 Å². The minimum absolute atomic E-state index is 0.0167. The second kappa shape index (κ2) is 15.0. The fourth-order valence-corrected chi connectivity index (χ4v) is 4.32. The molecule has 1 heterocycles. The van der Waals surface area contributed by atoms with E-state index in [1.807, 2.05) is 30.3 Å².